The van der Waals surface area contributed by atoms with Crippen LogP contribution in [-0.2, 0) is 11.3 Å². The molecule has 1 aliphatic carbocycles. The molecule has 4 rings (SSSR count). The van der Waals surface area contributed by atoms with Crippen LogP contribution in [0.5, 0.6) is 5.75 Å². The van der Waals surface area contributed by atoms with Gasteiger partial charge in [-0.3, -0.25) is 9.69 Å². The van der Waals surface area contributed by atoms with Crippen LogP contribution in [0.3, 0.4) is 0 Å². The highest BCUT2D eigenvalue weighted by Gasteiger charge is 2.30. The minimum Gasteiger partial charge on any atom is -0.490 e. The molecule has 2 aliphatic rings. The molecule has 1 heterocycles. The Morgan fingerprint density at radius 2 is 1.84 bits per heavy atom. The van der Waals surface area contributed by atoms with Gasteiger partial charge in [-0.25, -0.2) is 0 Å². The van der Waals surface area contributed by atoms with Crippen LogP contribution >= 0.6 is 0 Å². The van der Waals surface area contributed by atoms with Crippen molar-refractivity contribution in [3.63, 3.8) is 0 Å². The average molecular weight is 424 g/mol. The summed E-state index contributed by atoms with van der Waals surface area (Å²) in [6, 6.07) is 11.0. The summed E-state index contributed by atoms with van der Waals surface area (Å²) in [6.45, 7) is 11.5. The highest BCUT2D eigenvalue weighted by atomic mass is 16.5. The first-order valence-electron chi connectivity index (χ1n) is 11.8. The summed E-state index contributed by atoms with van der Waals surface area (Å²) in [5, 5.41) is 11.7. The second-order valence-corrected chi connectivity index (χ2v) is 10.8. The lowest BCUT2D eigenvalue weighted by Crippen LogP contribution is -2.30. The Hall–Kier alpha value is -2.07. The van der Waals surface area contributed by atoms with Gasteiger partial charge in [0, 0.05) is 13.1 Å². The third kappa shape index (κ3) is 5.23. The summed E-state index contributed by atoms with van der Waals surface area (Å²) >= 11 is 0. The molecule has 2 fully saturated rings. The molecule has 4 nitrogen and oxygen atoms in total. The first-order valence-corrected chi connectivity index (χ1v) is 11.8. The summed E-state index contributed by atoms with van der Waals surface area (Å²) in [5.74, 6) is 0.892. The molecule has 4 heteroatoms. The number of nitrogens with zero attached hydrogens (tertiary/aromatic N) is 1. The van der Waals surface area contributed by atoms with E-state index in [4.69, 9.17) is 4.74 Å². The number of aliphatic carboxylic acids is 1. The van der Waals surface area contributed by atoms with E-state index in [-0.39, 0.29) is 5.92 Å². The zero-order valence-corrected chi connectivity index (χ0v) is 19.5. The van der Waals surface area contributed by atoms with Crippen LogP contribution < -0.4 is 4.74 Å². The third-order valence-electron chi connectivity index (χ3n) is 7.43. The SMILES string of the molecule is Cc1cc(O[C@H]2CC[C@H](C(C)(C)C)CC2)cc2ccc(CN3CC[C@@H](C(=O)O)C3)cc12. The first-order chi connectivity index (χ1) is 14.7. The van der Waals surface area contributed by atoms with E-state index in [9.17, 15) is 9.90 Å². The second kappa shape index (κ2) is 8.82. The van der Waals surface area contributed by atoms with Gasteiger partial charge in [-0.1, -0.05) is 32.9 Å². The van der Waals surface area contributed by atoms with E-state index >= 15 is 0 Å². The number of carboxylic acids is 1. The first kappa shape index (κ1) is 22.1. The van der Waals surface area contributed by atoms with Crippen molar-refractivity contribution >= 4 is 16.7 Å². The predicted molar refractivity (Wildman–Crippen MR) is 126 cm³/mol. The van der Waals surface area contributed by atoms with Crippen LogP contribution in [0.2, 0.25) is 0 Å². The van der Waals surface area contributed by atoms with E-state index < -0.39 is 5.97 Å². The van der Waals surface area contributed by atoms with E-state index in [2.05, 4.69) is 62.9 Å². The summed E-state index contributed by atoms with van der Waals surface area (Å²) in [4.78, 5) is 13.5. The second-order valence-electron chi connectivity index (χ2n) is 10.8. The standard InChI is InChI=1S/C27H37NO3/c1-18-13-24(31-23-9-7-22(8-10-23)27(2,3)4)15-20-6-5-19(14-25(18)20)16-28-12-11-21(17-28)26(29)30/h5-6,13-15,21-23H,7-12,16-17H2,1-4H3,(H,29,30)/t21-,22-,23-/m1/s1. The third-order valence-corrected chi connectivity index (χ3v) is 7.43. The molecule has 0 spiro atoms. The molecule has 1 aliphatic heterocycles. The Morgan fingerprint density at radius 1 is 1.10 bits per heavy atom. The van der Waals surface area contributed by atoms with Gasteiger partial charge in [0.05, 0.1) is 12.0 Å². The molecular formula is C27H37NO3. The molecule has 1 saturated heterocycles. The fourth-order valence-electron chi connectivity index (χ4n) is 5.40. The lowest BCUT2D eigenvalue weighted by molar-refractivity contribution is -0.141. The van der Waals surface area contributed by atoms with Gasteiger partial charge >= 0.3 is 5.97 Å². The molecule has 1 atom stereocenters. The Bertz CT molecular complexity index is 937. The number of aryl methyl sites for hydroxylation is 1. The molecule has 168 valence electrons. The number of hydrogen-bond acceptors (Lipinski definition) is 3. The van der Waals surface area contributed by atoms with Gasteiger partial charge in [-0.2, -0.15) is 0 Å². The minimum absolute atomic E-state index is 0.222. The van der Waals surface area contributed by atoms with Crippen molar-refractivity contribution in [2.24, 2.45) is 17.3 Å². The minimum atomic E-state index is -0.670. The van der Waals surface area contributed by atoms with Crippen molar-refractivity contribution in [1.29, 1.82) is 0 Å². The fourth-order valence-corrected chi connectivity index (χ4v) is 5.40. The van der Waals surface area contributed by atoms with Crippen LogP contribution in [-0.4, -0.2) is 35.2 Å². The van der Waals surface area contributed by atoms with Crippen molar-refractivity contribution in [2.45, 2.75) is 72.4 Å². The Balaban J connectivity index is 1.41. The van der Waals surface area contributed by atoms with Gasteiger partial charge in [0.15, 0.2) is 0 Å². The Kier molecular flexibility index (Phi) is 6.30. The topological polar surface area (TPSA) is 49.8 Å². The number of benzene rings is 2. The van der Waals surface area contributed by atoms with E-state index in [1.807, 2.05) is 0 Å². The molecule has 0 radical (unpaired) electrons. The normalized spacial score (nSPS) is 25.1. The van der Waals surface area contributed by atoms with Crippen molar-refractivity contribution in [3.8, 4) is 5.75 Å². The quantitative estimate of drug-likeness (QED) is 0.637. The van der Waals surface area contributed by atoms with Gasteiger partial charge in [0.1, 0.15) is 5.75 Å². The fraction of sp³-hybridized carbons (Fsp3) is 0.593. The zero-order chi connectivity index (χ0) is 22.2. The summed E-state index contributed by atoms with van der Waals surface area (Å²) in [5.41, 5.74) is 2.88. The molecule has 0 bridgehead atoms. The van der Waals surface area contributed by atoms with Gasteiger partial charge < -0.3 is 9.84 Å². The van der Waals surface area contributed by atoms with Gasteiger partial charge in [0.2, 0.25) is 0 Å². The molecule has 1 N–H and O–H groups in total. The Morgan fingerprint density at radius 3 is 2.48 bits per heavy atom. The van der Waals surface area contributed by atoms with E-state index in [1.54, 1.807) is 0 Å². The van der Waals surface area contributed by atoms with Gasteiger partial charge in [-0.05, 0) is 97.0 Å². The number of rotatable bonds is 5. The van der Waals surface area contributed by atoms with Crippen LogP contribution in [0.1, 0.15) is 64.0 Å². The van der Waals surface area contributed by atoms with E-state index in [0.717, 1.165) is 44.0 Å². The maximum Gasteiger partial charge on any atom is 0.307 e. The van der Waals surface area contributed by atoms with Crippen molar-refractivity contribution in [1.82, 2.24) is 4.90 Å². The number of likely N-dealkylation sites (tertiary alicyclic amines) is 1. The summed E-state index contributed by atoms with van der Waals surface area (Å²) < 4.78 is 6.41. The summed E-state index contributed by atoms with van der Waals surface area (Å²) in [6.07, 6.45) is 5.87. The number of fused-ring (bicyclic) bond motifs is 1. The Labute approximate surface area is 186 Å². The molecular weight excluding hydrogens is 386 g/mol. The highest BCUT2D eigenvalue weighted by molar-refractivity contribution is 5.87. The van der Waals surface area contributed by atoms with E-state index in [0.29, 0.717) is 18.1 Å². The molecule has 2 aromatic carbocycles. The maximum atomic E-state index is 11.2. The average Bonchev–Trinajstić information content (AvgIpc) is 3.17. The van der Waals surface area contributed by atoms with Crippen LogP contribution in [0.15, 0.2) is 30.3 Å². The van der Waals surface area contributed by atoms with E-state index in [1.165, 1.54) is 34.7 Å². The highest BCUT2D eigenvalue weighted by Crippen LogP contribution is 2.39. The van der Waals surface area contributed by atoms with Crippen molar-refractivity contribution in [3.05, 3.63) is 41.5 Å². The number of ether oxygens (including phenoxy) is 1. The van der Waals surface area contributed by atoms with Crippen molar-refractivity contribution < 1.29 is 14.6 Å². The maximum absolute atomic E-state index is 11.2. The summed E-state index contributed by atoms with van der Waals surface area (Å²) in [7, 11) is 0. The van der Waals surface area contributed by atoms with Gasteiger partial charge in [-0.15, -0.1) is 0 Å². The molecule has 1 saturated carbocycles. The van der Waals surface area contributed by atoms with Crippen LogP contribution in [0, 0.1) is 24.2 Å². The van der Waals surface area contributed by atoms with Gasteiger partial charge in [0.25, 0.3) is 0 Å². The molecule has 2 aromatic rings. The number of hydrogen-bond donors (Lipinski definition) is 1. The lowest BCUT2D eigenvalue weighted by atomic mass is 9.72. The smallest absolute Gasteiger partial charge is 0.307 e. The molecule has 0 aromatic heterocycles. The van der Waals surface area contributed by atoms with Crippen LogP contribution in [0.4, 0.5) is 0 Å². The zero-order valence-electron chi connectivity index (χ0n) is 19.5. The predicted octanol–water partition coefficient (Wildman–Crippen LogP) is 6.04. The lowest BCUT2D eigenvalue weighted by Gasteiger charge is -2.37. The molecule has 0 unspecified atom stereocenters. The molecule has 0 amide bonds. The van der Waals surface area contributed by atoms with Crippen LogP contribution in [0.25, 0.3) is 10.8 Å². The molecule has 31 heavy (non-hydrogen) atoms. The monoisotopic (exact) mass is 423 g/mol. The number of carboxylic acid groups (broad SMARTS) is 1. The number of carbonyl (C=O) groups is 1. The largest absolute Gasteiger partial charge is 0.490 e. The van der Waals surface area contributed by atoms with Crippen molar-refractivity contribution in [2.75, 3.05) is 13.1 Å².